The van der Waals surface area contributed by atoms with E-state index in [1.54, 1.807) is 33.8 Å². The van der Waals surface area contributed by atoms with E-state index < -0.39 is 0 Å². The molecule has 0 unspecified atom stereocenters. The molecule has 0 saturated carbocycles. The molecule has 8 nitrogen and oxygen atoms in total. The van der Waals surface area contributed by atoms with Gasteiger partial charge in [-0.1, -0.05) is 30.0 Å². The number of amides is 1. The average Bonchev–Trinajstić information content (AvgIpc) is 3.48. The van der Waals surface area contributed by atoms with Crippen molar-refractivity contribution in [3.8, 4) is 5.69 Å². The monoisotopic (exact) mass is 407 g/mol. The molecule has 0 saturated heterocycles. The fraction of sp³-hybridized carbons (Fsp3) is 0.200. The van der Waals surface area contributed by atoms with Crippen molar-refractivity contribution in [1.82, 2.24) is 24.6 Å². The summed E-state index contributed by atoms with van der Waals surface area (Å²) in [5, 5.41) is 8.24. The first kappa shape index (κ1) is 17.7. The van der Waals surface area contributed by atoms with Crippen LogP contribution in [-0.2, 0) is 11.3 Å². The second-order valence-corrected chi connectivity index (χ2v) is 7.71. The Morgan fingerprint density at radius 2 is 2.10 bits per heavy atom. The zero-order chi connectivity index (χ0) is 19.8. The lowest BCUT2D eigenvalue weighted by molar-refractivity contribution is -0.122. The van der Waals surface area contributed by atoms with E-state index in [0.717, 1.165) is 5.69 Å². The number of benzene rings is 1. The molecule has 1 N–H and O–H groups in total. The molecule has 29 heavy (non-hydrogen) atoms. The van der Waals surface area contributed by atoms with Gasteiger partial charge in [0.25, 0.3) is 5.56 Å². The summed E-state index contributed by atoms with van der Waals surface area (Å²) in [4.78, 5) is 30.1. The number of rotatable bonds is 5. The van der Waals surface area contributed by atoms with E-state index in [2.05, 4.69) is 15.4 Å². The third-order valence-corrected chi connectivity index (χ3v) is 5.93. The van der Waals surface area contributed by atoms with Gasteiger partial charge < -0.3 is 9.73 Å². The molecule has 9 heteroatoms. The smallest absolute Gasteiger partial charge is 0.265 e. The normalized spacial score (nSPS) is 15.5. The Kier molecular flexibility index (Phi) is 4.44. The van der Waals surface area contributed by atoms with E-state index in [1.165, 1.54) is 11.8 Å². The van der Waals surface area contributed by atoms with Crippen LogP contribution in [0.25, 0.3) is 16.7 Å². The number of hydrogen-bond donors (Lipinski definition) is 1. The van der Waals surface area contributed by atoms with Gasteiger partial charge in [-0.2, -0.15) is 5.10 Å². The molecule has 0 aliphatic carbocycles. The molecule has 5 rings (SSSR count). The number of para-hydroxylation sites is 1. The summed E-state index contributed by atoms with van der Waals surface area (Å²) in [5.41, 5.74) is 1.21. The molecule has 0 spiro atoms. The molecule has 4 aromatic rings. The van der Waals surface area contributed by atoms with Crippen LogP contribution in [-0.4, -0.2) is 31.0 Å². The highest BCUT2D eigenvalue weighted by atomic mass is 32.2. The Morgan fingerprint density at radius 3 is 2.90 bits per heavy atom. The maximum Gasteiger partial charge on any atom is 0.265 e. The summed E-state index contributed by atoms with van der Waals surface area (Å²) in [7, 11) is 0. The van der Waals surface area contributed by atoms with Crippen LogP contribution in [0.1, 0.15) is 18.2 Å². The first-order valence-electron chi connectivity index (χ1n) is 9.18. The summed E-state index contributed by atoms with van der Waals surface area (Å²) in [6.07, 6.45) is 3.32. The van der Waals surface area contributed by atoms with Gasteiger partial charge in [-0.15, -0.1) is 0 Å². The second-order valence-electron chi connectivity index (χ2n) is 6.72. The van der Waals surface area contributed by atoms with Crippen LogP contribution in [0, 0.1) is 0 Å². The first-order chi connectivity index (χ1) is 14.2. The summed E-state index contributed by atoms with van der Waals surface area (Å²) in [6, 6.07) is 12.9. The number of furan rings is 1. The number of hydrogen-bond acceptors (Lipinski definition) is 6. The van der Waals surface area contributed by atoms with Crippen LogP contribution in [0.5, 0.6) is 0 Å². The number of fused-ring (bicyclic) bond motifs is 2. The minimum Gasteiger partial charge on any atom is -0.467 e. The van der Waals surface area contributed by atoms with Crippen LogP contribution < -0.4 is 10.9 Å². The Balaban J connectivity index is 1.42. The lowest BCUT2D eigenvalue weighted by atomic mass is 10.2. The van der Waals surface area contributed by atoms with Crippen LogP contribution >= 0.6 is 11.8 Å². The Bertz CT molecular complexity index is 1230. The number of nitrogens with zero attached hydrogens (tertiary/aromatic N) is 4. The van der Waals surface area contributed by atoms with E-state index >= 15 is 0 Å². The molecule has 0 fully saturated rings. The second kappa shape index (κ2) is 7.25. The SMILES string of the molecule is O=C(C[C@@H]1CSc2nc3c(cnn3-c3ccccc3)c(=O)n21)NCc1ccco1. The van der Waals surface area contributed by atoms with Crippen LogP contribution in [0.15, 0.2) is 69.3 Å². The minimum atomic E-state index is -0.240. The third-order valence-electron chi connectivity index (χ3n) is 4.83. The van der Waals surface area contributed by atoms with E-state index in [4.69, 9.17) is 4.42 Å². The maximum absolute atomic E-state index is 13.1. The predicted octanol–water partition coefficient (Wildman–Crippen LogP) is 2.53. The predicted molar refractivity (Wildman–Crippen MR) is 108 cm³/mol. The fourth-order valence-corrected chi connectivity index (χ4v) is 4.55. The Hall–Kier alpha value is -3.33. The number of carbonyl (C=O) groups excluding carboxylic acids is 1. The molecule has 0 bridgehead atoms. The van der Waals surface area contributed by atoms with E-state index in [0.29, 0.717) is 34.2 Å². The van der Waals surface area contributed by atoms with Crippen molar-refractivity contribution in [2.75, 3.05) is 5.75 Å². The average molecular weight is 407 g/mol. The highest BCUT2D eigenvalue weighted by molar-refractivity contribution is 7.99. The summed E-state index contributed by atoms with van der Waals surface area (Å²) in [5.74, 6) is 1.18. The lowest BCUT2D eigenvalue weighted by Gasteiger charge is -2.13. The molecule has 0 radical (unpaired) electrons. The molecule has 1 aliphatic rings. The highest BCUT2D eigenvalue weighted by Gasteiger charge is 2.29. The van der Waals surface area contributed by atoms with Gasteiger partial charge in [0.2, 0.25) is 5.91 Å². The van der Waals surface area contributed by atoms with Crippen molar-refractivity contribution >= 4 is 28.7 Å². The van der Waals surface area contributed by atoms with Crippen LogP contribution in [0.3, 0.4) is 0 Å². The summed E-state index contributed by atoms with van der Waals surface area (Å²) < 4.78 is 8.51. The van der Waals surface area contributed by atoms with Crippen molar-refractivity contribution in [2.24, 2.45) is 0 Å². The van der Waals surface area contributed by atoms with Gasteiger partial charge in [0.1, 0.15) is 11.1 Å². The lowest BCUT2D eigenvalue weighted by Crippen LogP contribution is -2.30. The number of thioether (sulfide) groups is 1. The number of carbonyl (C=O) groups is 1. The van der Waals surface area contributed by atoms with Gasteiger partial charge >= 0.3 is 0 Å². The van der Waals surface area contributed by atoms with Gasteiger partial charge in [0, 0.05) is 12.2 Å². The quantitative estimate of drug-likeness (QED) is 0.511. The molecule has 1 amide bonds. The molecular weight excluding hydrogens is 390 g/mol. The van der Waals surface area contributed by atoms with Gasteiger partial charge in [0.15, 0.2) is 10.8 Å². The molecule has 1 atom stereocenters. The highest BCUT2D eigenvalue weighted by Crippen LogP contribution is 2.33. The molecule has 146 valence electrons. The molecular formula is C20H17N5O3S. The summed E-state index contributed by atoms with van der Waals surface area (Å²) >= 11 is 1.48. The fourth-order valence-electron chi connectivity index (χ4n) is 3.42. The molecule has 4 heterocycles. The van der Waals surface area contributed by atoms with Gasteiger partial charge in [-0.05, 0) is 24.3 Å². The van der Waals surface area contributed by atoms with E-state index in [1.807, 2.05) is 30.3 Å². The van der Waals surface area contributed by atoms with E-state index in [9.17, 15) is 9.59 Å². The minimum absolute atomic E-state index is 0.133. The zero-order valence-electron chi connectivity index (χ0n) is 15.3. The largest absolute Gasteiger partial charge is 0.467 e. The van der Waals surface area contributed by atoms with Gasteiger partial charge in [-0.25, -0.2) is 9.67 Å². The van der Waals surface area contributed by atoms with Crippen molar-refractivity contribution in [1.29, 1.82) is 0 Å². The molecule has 1 aliphatic heterocycles. The zero-order valence-corrected chi connectivity index (χ0v) is 16.1. The molecule has 3 aromatic heterocycles. The number of nitrogens with one attached hydrogen (secondary N) is 1. The number of aromatic nitrogens is 4. The van der Waals surface area contributed by atoms with Gasteiger partial charge in [0.05, 0.1) is 30.7 Å². The standard InChI is InChI=1S/C20H17N5O3S/c26-17(21-10-15-7-4-8-28-15)9-14-12-29-20-23-18-16(19(27)24(14)20)11-22-25(18)13-5-2-1-3-6-13/h1-8,11,14H,9-10,12H2,(H,21,26)/t14-/m1/s1. The van der Waals surface area contributed by atoms with Crippen molar-refractivity contribution in [3.63, 3.8) is 0 Å². The van der Waals surface area contributed by atoms with Gasteiger partial charge in [-0.3, -0.25) is 14.2 Å². The van der Waals surface area contributed by atoms with Crippen molar-refractivity contribution in [2.45, 2.75) is 24.2 Å². The molecule has 1 aromatic carbocycles. The Labute approximate surface area is 169 Å². The van der Waals surface area contributed by atoms with Crippen LogP contribution in [0.4, 0.5) is 0 Å². The van der Waals surface area contributed by atoms with E-state index in [-0.39, 0.29) is 23.9 Å². The van der Waals surface area contributed by atoms with Crippen molar-refractivity contribution < 1.29 is 9.21 Å². The first-order valence-corrected chi connectivity index (χ1v) is 10.2. The topological polar surface area (TPSA) is 95.0 Å². The summed E-state index contributed by atoms with van der Waals surface area (Å²) in [6.45, 7) is 0.328. The van der Waals surface area contributed by atoms with Crippen molar-refractivity contribution in [3.05, 3.63) is 71.0 Å². The maximum atomic E-state index is 13.1. The van der Waals surface area contributed by atoms with Crippen LogP contribution in [0.2, 0.25) is 0 Å². The third kappa shape index (κ3) is 3.23. The Morgan fingerprint density at radius 1 is 1.24 bits per heavy atom.